The molecular weight excluding hydrogens is 302 g/mol. The van der Waals surface area contributed by atoms with Gasteiger partial charge in [-0.1, -0.05) is 19.3 Å². The SMILES string of the molecule is COc1c(C)c(C)c(C2(N)CCCCC2)c(C)c1Br. The fraction of sp³-hybridized carbons (Fsp3) is 0.625. The van der Waals surface area contributed by atoms with Crippen molar-refractivity contribution in [1.29, 1.82) is 0 Å². The zero-order valence-electron chi connectivity index (χ0n) is 12.4. The van der Waals surface area contributed by atoms with Gasteiger partial charge in [0.15, 0.2) is 0 Å². The Morgan fingerprint density at radius 3 is 2.11 bits per heavy atom. The summed E-state index contributed by atoms with van der Waals surface area (Å²) in [6, 6.07) is 0. The number of halogens is 1. The summed E-state index contributed by atoms with van der Waals surface area (Å²) in [6.07, 6.45) is 5.96. The third kappa shape index (κ3) is 2.43. The maximum Gasteiger partial charge on any atom is 0.136 e. The van der Waals surface area contributed by atoms with Crippen LogP contribution in [0.2, 0.25) is 0 Å². The Morgan fingerprint density at radius 1 is 1.00 bits per heavy atom. The number of nitrogens with two attached hydrogens (primary N) is 1. The van der Waals surface area contributed by atoms with Crippen LogP contribution in [0, 0.1) is 20.8 Å². The summed E-state index contributed by atoms with van der Waals surface area (Å²) in [5.74, 6) is 0.943. The van der Waals surface area contributed by atoms with Gasteiger partial charge >= 0.3 is 0 Å². The number of rotatable bonds is 2. The van der Waals surface area contributed by atoms with Crippen LogP contribution in [0.1, 0.15) is 54.4 Å². The summed E-state index contributed by atoms with van der Waals surface area (Å²) >= 11 is 3.69. The van der Waals surface area contributed by atoms with E-state index in [1.807, 2.05) is 0 Å². The van der Waals surface area contributed by atoms with Gasteiger partial charge in [-0.3, -0.25) is 0 Å². The quantitative estimate of drug-likeness (QED) is 0.868. The van der Waals surface area contributed by atoms with Crippen molar-refractivity contribution < 1.29 is 4.74 Å². The molecule has 106 valence electrons. The fourth-order valence-electron chi connectivity index (χ4n) is 3.51. The van der Waals surface area contributed by atoms with Gasteiger partial charge in [0.1, 0.15) is 5.75 Å². The maximum atomic E-state index is 6.75. The monoisotopic (exact) mass is 325 g/mol. The topological polar surface area (TPSA) is 35.2 Å². The Labute approximate surface area is 124 Å². The third-order valence-corrected chi connectivity index (χ3v) is 5.58. The van der Waals surface area contributed by atoms with Gasteiger partial charge in [-0.05, 0) is 71.8 Å². The Hall–Kier alpha value is -0.540. The van der Waals surface area contributed by atoms with Crippen molar-refractivity contribution in [2.75, 3.05) is 7.11 Å². The fourth-order valence-corrected chi connectivity index (χ4v) is 4.16. The molecule has 0 amide bonds. The molecule has 1 saturated carbocycles. The zero-order valence-corrected chi connectivity index (χ0v) is 14.0. The van der Waals surface area contributed by atoms with Gasteiger partial charge in [0, 0.05) is 5.54 Å². The molecule has 1 aliphatic rings. The molecule has 0 spiro atoms. The normalized spacial score (nSPS) is 18.4. The molecule has 1 aromatic carbocycles. The van der Waals surface area contributed by atoms with Crippen LogP contribution in [0.5, 0.6) is 5.75 Å². The van der Waals surface area contributed by atoms with Gasteiger partial charge in [-0.25, -0.2) is 0 Å². The molecule has 0 radical (unpaired) electrons. The van der Waals surface area contributed by atoms with E-state index in [0.717, 1.165) is 23.1 Å². The highest BCUT2D eigenvalue weighted by Gasteiger charge is 2.34. The molecule has 0 saturated heterocycles. The van der Waals surface area contributed by atoms with Gasteiger partial charge < -0.3 is 10.5 Å². The first-order chi connectivity index (χ1) is 8.92. The largest absolute Gasteiger partial charge is 0.495 e. The molecule has 1 fully saturated rings. The average molecular weight is 326 g/mol. The second kappa shape index (κ2) is 5.45. The third-order valence-electron chi connectivity index (χ3n) is 4.63. The van der Waals surface area contributed by atoms with Crippen molar-refractivity contribution >= 4 is 15.9 Å². The summed E-state index contributed by atoms with van der Waals surface area (Å²) in [5.41, 5.74) is 11.7. The maximum absolute atomic E-state index is 6.75. The Balaban J connectivity index is 2.64. The molecule has 2 N–H and O–H groups in total. The molecule has 0 heterocycles. The number of benzene rings is 1. The van der Waals surface area contributed by atoms with Crippen molar-refractivity contribution in [3.05, 3.63) is 26.7 Å². The van der Waals surface area contributed by atoms with Crippen molar-refractivity contribution in [2.45, 2.75) is 58.4 Å². The van der Waals surface area contributed by atoms with Gasteiger partial charge in [-0.15, -0.1) is 0 Å². The summed E-state index contributed by atoms with van der Waals surface area (Å²) < 4.78 is 6.58. The Morgan fingerprint density at radius 2 is 1.58 bits per heavy atom. The van der Waals surface area contributed by atoms with Gasteiger partial charge in [0.05, 0.1) is 11.6 Å². The van der Waals surface area contributed by atoms with Crippen molar-refractivity contribution in [2.24, 2.45) is 5.73 Å². The lowest BCUT2D eigenvalue weighted by molar-refractivity contribution is 0.299. The second-order valence-corrected chi connectivity index (χ2v) is 6.61. The lowest BCUT2D eigenvalue weighted by atomic mass is 9.73. The predicted octanol–water partition coefficient (Wildman–Crippen LogP) is 4.50. The molecular formula is C16H24BrNO. The highest BCUT2D eigenvalue weighted by molar-refractivity contribution is 9.10. The first-order valence-electron chi connectivity index (χ1n) is 7.05. The highest BCUT2D eigenvalue weighted by atomic mass is 79.9. The van der Waals surface area contributed by atoms with E-state index in [4.69, 9.17) is 10.5 Å². The van der Waals surface area contributed by atoms with Crippen LogP contribution in [0.4, 0.5) is 0 Å². The average Bonchev–Trinajstić information content (AvgIpc) is 2.38. The first-order valence-corrected chi connectivity index (χ1v) is 7.84. The standard InChI is InChI=1S/C16H24BrNO/c1-10-11(2)15(19-4)14(17)12(3)13(10)16(18)8-6-5-7-9-16/h5-9,18H2,1-4H3. The number of methoxy groups -OCH3 is 1. The summed E-state index contributed by atoms with van der Waals surface area (Å²) in [6.45, 7) is 6.45. The molecule has 0 aromatic heterocycles. The van der Waals surface area contributed by atoms with E-state index >= 15 is 0 Å². The van der Waals surface area contributed by atoms with Gasteiger partial charge in [-0.2, -0.15) is 0 Å². The summed E-state index contributed by atoms with van der Waals surface area (Å²) in [4.78, 5) is 0. The van der Waals surface area contributed by atoms with E-state index in [1.165, 1.54) is 41.5 Å². The molecule has 19 heavy (non-hydrogen) atoms. The predicted molar refractivity (Wildman–Crippen MR) is 83.9 cm³/mol. The molecule has 1 aliphatic carbocycles. The number of hydrogen-bond donors (Lipinski definition) is 1. The van der Waals surface area contributed by atoms with E-state index < -0.39 is 0 Å². The summed E-state index contributed by atoms with van der Waals surface area (Å²) in [7, 11) is 1.73. The minimum atomic E-state index is -0.161. The Bertz CT molecular complexity index is 461. The molecule has 0 unspecified atom stereocenters. The van der Waals surface area contributed by atoms with Crippen LogP contribution in [0.3, 0.4) is 0 Å². The summed E-state index contributed by atoms with van der Waals surface area (Å²) in [5, 5.41) is 0. The van der Waals surface area contributed by atoms with E-state index in [-0.39, 0.29) is 5.54 Å². The lowest BCUT2D eigenvalue weighted by Gasteiger charge is -2.37. The van der Waals surface area contributed by atoms with Crippen molar-refractivity contribution in [1.82, 2.24) is 0 Å². The minimum absolute atomic E-state index is 0.161. The first kappa shape index (κ1) is 14.9. The van der Waals surface area contributed by atoms with Gasteiger partial charge in [0.25, 0.3) is 0 Å². The van der Waals surface area contributed by atoms with Crippen LogP contribution in [-0.2, 0) is 5.54 Å². The second-order valence-electron chi connectivity index (χ2n) is 5.81. The smallest absolute Gasteiger partial charge is 0.136 e. The molecule has 3 heteroatoms. The molecule has 1 aromatic rings. The molecule has 2 nitrogen and oxygen atoms in total. The number of hydrogen-bond acceptors (Lipinski definition) is 2. The van der Waals surface area contributed by atoms with Crippen LogP contribution in [0.15, 0.2) is 4.47 Å². The van der Waals surface area contributed by atoms with E-state index in [2.05, 4.69) is 36.7 Å². The van der Waals surface area contributed by atoms with Crippen LogP contribution >= 0.6 is 15.9 Å². The van der Waals surface area contributed by atoms with Gasteiger partial charge in [0.2, 0.25) is 0 Å². The van der Waals surface area contributed by atoms with Crippen LogP contribution < -0.4 is 10.5 Å². The van der Waals surface area contributed by atoms with E-state index in [0.29, 0.717) is 0 Å². The zero-order chi connectivity index (χ0) is 14.2. The molecule has 0 aliphatic heterocycles. The molecule has 2 rings (SSSR count). The minimum Gasteiger partial charge on any atom is -0.495 e. The number of ether oxygens (including phenoxy) is 1. The van der Waals surface area contributed by atoms with Crippen LogP contribution in [-0.4, -0.2) is 7.11 Å². The Kier molecular flexibility index (Phi) is 4.26. The van der Waals surface area contributed by atoms with E-state index in [9.17, 15) is 0 Å². The molecule has 0 bridgehead atoms. The van der Waals surface area contributed by atoms with E-state index in [1.54, 1.807) is 7.11 Å². The van der Waals surface area contributed by atoms with Crippen molar-refractivity contribution in [3.8, 4) is 5.75 Å². The molecule has 0 atom stereocenters. The van der Waals surface area contributed by atoms with Crippen LogP contribution in [0.25, 0.3) is 0 Å². The highest BCUT2D eigenvalue weighted by Crippen LogP contribution is 2.44. The van der Waals surface area contributed by atoms with Crippen molar-refractivity contribution in [3.63, 3.8) is 0 Å². The lowest BCUT2D eigenvalue weighted by Crippen LogP contribution is -2.40.